The molecule has 0 saturated heterocycles. The van der Waals surface area contributed by atoms with Gasteiger partial charge in [-0.15, -0.1) is 0 Å². The summed E-state index contributed by atoms with van der Waals surface area (Å²) in [7, 11) is 0. The van der Waals surface area contributed by atoms with Crippen LogP contribution < -0.4 is 11.3 Å². The van der Waals surface area contributed by atoms with Crippen molar-refractivity contribution in [1.82, 2.24) is 9.78 Å². The summed E-state index contributed by atoms with van der Waals surface area (Å²) in [6, 6.07) is 16.9. The topological polar surface area (TPSA) is 78.0 Å². The second-order valence-corrected chi connectivity index (χ2v) is 4.71. The monoisotopic (exact) mass is 279 g/mol. The molecule has 0 bridgehead atoms. The fourth-order valence-electron chi connectivity index (χ4n) is 2.30. The summed E-state index contributed by atoms with van der Waals surface area (Å²) in [6.07, 6.45) is 0. The minimum atomic E-state index is -0.598. The van der Waals surface area contributed by atoms with E-state index in [1.54, 1.807) is 6.07 Å². The van der Waals surface area contributed by atoms with Crippen LogP contribution in [0.2, 0.25) is 0 Å². The number of nitrogens with two attached hydrogens (primary N) is 1. The highest BCUT2D eigenvalue weighted by atomic mass is 16.2. The lowest BCUT2D eigenvalue weighted by Crippen LogP contribution is -2.29. The van der Waals surface area contributed by atoms with Crippen LogP contribution in [-0.4, -0.2) is 15.7 Å². The molecule has 0 spiro atoms. The van der Waals surface area contributed by atoms with E-state index in [9.17, 15) is 9.59 Å². The van der Waals surface area contributed by atoms with Crippen LogP contribution in [0.5, 0.6) is 0 Å². The van der Waals surface area contributed by atoms with Crippen molar-refractivity contribution in [2.75, 3.05) is 0 Å². The van der Waals surface area contributed by atoms with Crippen molar-refractivity contribution in [2.24, 2.45) is 5.73 Å². The molecule has 0 fully saturated rings. The van der Waals surface area contributed by atoms with Gasteiger partial charge in [0.2, 0.25) is 5.91 Å². The SMILES string of the molecule is NC(=O)Cn1nc(-c2cccc3ccccc23)ccc1=O. The van der Waals surface area contributed by atoms with Crippen molar-refractivity contribution in [3.63, 3.8) is 0 Å². The van der Waals surface area contributed by atoms with Crippen LogP contribution in [0, 0.1) is 0 Å². The van der Waals surface area contributed by atoms with Crippen LogP contribution in [0.4, 0.5) is 0 Å². The molecule has 3 aromatic rings. The summed E-state index contributed by atoms with van der Waals surface area (Å²) >= 11 is 0. The molecule has 0 unspecified atom stereocenters. The lowest BCUT2D eigenvalue weighted by Gasteiger charge is -2.08. The third-order valence-corrected chi connectivity index (χ3v) is 3.24. The molecule has 5 heteroatoms. The second kappa shape index (κ2) is 5.20. The number of carbonyl (C=O) groups is 1. The van der Waals surface area contributed by atoms with Gasteiger partial charge < -0.3 is 5.73 Å². The summed E-state index contributed by atoms with van der Waals surface area (Å²) in [6.45, 7) is -0.225. The number of hydrogen-bond acceptors (Lipinski definition) is 3. The highest BCUT2D eigenvalue weighted by Crippen LogP contribution is 2.26. The smallest absolute Gasteiger partial charge is 0.267 e. The highest BCUT2D eigenvalue weighted by Gasteiger charge is 2.08. The van der Waals surface area contributed by atoms with Gasteiger partial charge in [-0.3, -0.25) is 9.59 Å². The first kappa shape index (κ1) is 13.1. The molecule has 3 rings (SSSR count). The normalized spacial score (nSPS) is 10.7. The van der Waals surface area contributed by atoms with E-state index in [1.807, 2.05) is 42.5 Å². The molecule has 2 aromatic carbocycles. The van der Waals surface area contributed by atoms with Crippen molar-refractivity contribution in [2.45, 2.75) is 6.54 Å². The Morgan fingerprint density at radius 1 is 1.05 bits per heavy atom. The van der Waals surface area contributed by atoms with E-state index in [1.165, 1.54) is 6.07 Å². The third-order valence-electron chi connectivity index (χ3n) is 3.24. The Morgan fingerprint density at radius 2 is 1.81 bits per heavy atom. The van der Waals surface area contributed by atoms with Gasteiger partial charge in [-0.05, 0) is 16.8 Å². The van der Waals surface area contributed by atoms with E-state index < -0.39 is 5.91 Å². The molecule has 0 aliphatic rings. The average Bonchev–Trinajstić information content (AvgIpc) is 2.48. The molecule has 0 atom stereocenters. The standard InChI is InChI=1S/C16H13N3O2/c17-15(20)10-19-16(21)9-8-14(18-19)13-7-3-5-11-4-1-2-6-12(11)13/h1-9H,10H2,(H2,17,20). The number of fused-ring (bicyclic) bond motifs is 1. The molecule has 0 aliphatic heterocycles. The van der Waals surface area contributed by atoms with Gasteiger partial charge in [0, 0.05) is 11.6 Å². The number of benzene rings is 2. The van der Waals surface area contributed by atoms with Crippen molar-refractivity contribution in [3.05, 3.63) is 65.0 Å². The molecule has 0 saturated carbocycles. The van der Waals surface area contributed by atoms with Crippen LogP contribution in [0.15, 0.2) is 59.4 Å². The maximum Gasteiger partial charge on any atom is 0.267 e. The van der Waals surface area contributed by atoms with Crippen LogP contribution in [0.3, 0.4) is 0 Å². The Morgan fingerprint density at radius 3 is 2.62 bits per heavy atom. The number of aromatic nitrogens is 2. The first-order valence-electron chi connectivity index (χ1n) is 6.50. The minimum Gasteiger partial charge on any atom is -0.368 e. The molecular formula is C16H13N3O2. The molecule has 1 heterocycles. The van der Waals surface area contributed by atoms with Gasteiger partial charge in [-0.1, -0.05) is 42.5 Å². The fourth-order valence-corrected chi connectivity index (χ4v) is 2.30. The predicted molar refractivity (Wildman–Crippen MR) is 80.6 cm³/mol. The van der Waals surface area contributed by atoms with E-state index in [2.05, 4.69) is 5.10 Å². The van der Waals surface area contributed by atoms with Crippen molar-refractivity contribution < 1.29 is 4.79 Å². The maximum atomic E-state index is 11.7. The van der Waals surface area contributed by atoms with Gasteiger partial charge in [-0.2, -0.15) is 5.10 Å². The molecule has 0 aliphatic carbocycles. The number of primary amides is 1. The molecule has 2 N–H and O–H groups in total. The number of nitrogens with zero attached hydrogens (tertiary/aromatic N) is 2. The Bertz CT molecular complexity index is 879. The van der Waals surface area contributed by atoms with Crippen LogP contribution in [0.25, 0.3) is 22.0 Å². The zero-order valence-electron chi connectivity index (χ0n) is 11.2. The quantitative estimate of drug-likeness (QED) is 0.790. The third kappa shape index (κ3) is 2.53. The summed E-state index contributed by atoms with van der Waals surface area (Å²) < 4.78 is 1.08. The summed E-state index contributed by atoms with van der Waals surface area (Å²) in [5.41, 5.74) is 6.33. The fraction of sp³-hybridized carbons (Fsp3) is 0.0625. The molecule has 5 nitrogen and oxygen atoms in total. The molecule has 0 radical (unpaired) electrons. The van der Waals surface area contributed by atoms with Gasteiger partial charge in [0.25, 0.3) is 5.56 Å². The number of rotatable bonds is 3. The minimum absolute atomic E-state index is 0.225. The van der Waals surface area contributed by atoms with Crippen LogP contribution >= 0.6 is 0 Å². The Labute approximate surface area is 120 Å². The lowest BCUT2D eigenvalue weighted by atomic mass is 10.0. The zero-order valence-corrected chi connectivity index (χ0v) is 11.2. The van der Waals surface area contributed by atoms with Gasteiger partial charge >= 0.3 is 0 Å². The van der Waals surface area contributed by atoms with Gasteiger partial charge in [0.1, 0.15) is 6.54 Å². The number of carbonyl (C=O) groups excluding carboxylic acids is 1. The molecule has 1 aromatic heterocycles. The van der Waals surface area contributed by atoms with Gasteiger partial charge in [0.05, 0.1) is 5.69 Å². The largest absolute Gasteiger partial charge is 0.368 e. The van der Waals surface area contributed by atoms with E-state index in [4.69, 9.17) is 5.73 Å². The lowest BCUT2D eigenvalue weighted by molar-refractivity contribution is -0.118. The van der Waals surface area contributed by atoms with Gasteiger partial charge in [-0.25, -0.2) is 4.68 Å². The molecule has 21 heavy (non-hydrogen) atoms. The van der Waals surface area contributed by atoms with Crippen molar-refractivity contribution in [1.29, 1.82) is 0 Å². The van der Waals surface area contributed by atoms with Crippen LogP contribution in [-0.2, 0) is 11.3 Å². The molecule has 104 valence electrons. The van der Waals surface area contributed by atoms with E-state index in [-0.39, 0.29) is 12.1 Å². The second-order valence-electron chi connectivity index (χ2n) is 4.71. The zero-order chi connectivity index (χ0) is 14.8. The molecular weight excluding hydrogens is 266 g/mol. The number of amides is 1. The Kier molecular flexibility index (Phi) is 3.23. The summed E-state index contributed by atoms with van der Waals surface area (Å²) in [5.74, 6) is -0.598. The van der Waals surface area contributed by atoms with E-state index in [0.29, 0.717) is 5.69 Å². The number of hydrogen-bond donors (Lipinski definition) is 1. The first-order chi connectivity index (χ1) is 10.1. The maximum absolute atomic E-state index is 11.7. The average molecular weight is 279 g/mol. The van der Waals surface area contributed by atoms with Crippen LogP contribution in [0.1, 0.15) is 0 Å². The van der Waals surface area contributed by atoms with E-state index >= 15 is 0 Å². The predicted octanol–water partition coefficient (Wildman–Crippen LogP) is 1.55. The Balaban J connectivity index is 2.19. The highest BCUT2D eigenvalue weighted by molar-refractivity contribution is 5.95. The molecule has 1 amide bonds. The van der Waals surface area contributed by atoms with Gasteiger partial charge in [0.15, 0.2) is 0 Å². The van der Waals surface area contributed by atoms with Crippen molar-refractivity contribution >= 4 is 16.7 Å². The summed E-state index contributed by atoms with van der Waals surface area (Å²) in [4.78, 5) is 22.7. The first-order valence-corrected chi connectivity index (χ1v) is 6.50. The van der Waals surface area contributed by atoms with Crippen molar-refractivity contribution in [3.8, 4) is 11.3 Å². The van der Waals surface area contributed by atoms with E-state index in [0.717, 1.165) is 21.0 Å². The summed E-state index contributed by atoms with van der Waals surface area (Å²) in [5, 5.41) is 6.36. The Hall–Kier alpha value is -2.95.